The van der Waals surface area contributed by atoms with E-state index in [-0.39, 0.29) is 17.6 Å². The van der Waals surface area contributed by atoms with Crippen LogP contribution in [0.5, 0.6) is 0 Å². The summed E-state index contributed by atoms with van der Waals surface area (Å²) in [6.07, 6.45) is 4.17. The van der Waals surface area contributed by atoms with Crippen LogP contribution in [0.1, 0.15) is 58.1 Å². The topological polar surface area (TPSA) is 88.2 Å². The molecule has 2 rings (SSSR count). The number of hydrogen-bond donors (Lipinski definition) is 2. The highest BCUT2D eigenvalue weighted by Crippen LogP contribution is 2.23. The highest BCUT2D eigenvalue weighted by atomic mass is 32.1. The van der Waals surface area contributed by atoms with Crippen molar-refractivity contribution in [2.24, 2.45) is 0 Å². The third-order valence-corrected chi connectivity index (χ3v) is 5.49. The lowest BCUT2D eigenvalue weighted by molar-refractivity contribution is -0.128. The Labute approximate surface area is 176 Å². The van der Waals surface area contributed by atoms with Crippen molar-refractivity contribution in [2.75, 3.05) is 0 Å². The smallest absolute Gasteiger partial charge is 0.242 e. The number of ketones is 1. The number of thiazole rings is 1. The van der Waals surface area contributed by atoms with Gasteiger partial charge in [0.15, 0.2) is 0 Å². The minimum Gasteiger partial charge on any atom is -0.349 e. The molecule has 1 aromatic heterocycles. The lowest BCUT2D eigenvalue weighted by Gasteiger charge is -2.17. The fourth-order valence-corrected chi connectivity index (χ4v) is 3.77. The second-order valence-electron chi connectivity index (χ2n) is 6.97. The fourth-order valence-electron chi connectivity index (χ4n) is 2.94. The Morgan fingerprint density at radius 3 is 2.55 bits per heavy atom. The van der Waals surface area contributed by atoms with E-state index in [4.69, 9.17) is 0 Å². The standard InChI is InChI=1S/C22H29N3O3S/c1-3-19(27)12-8-5-9-13-20(24-16(2)26)21(28)23-14-18-15-29-22(25-18)17-10-6-4-7-11-17/h4,6-7,10-11,15,20H,3,5,8-9,12-14H2,1-2H3,(H,23,28)(H,24,26)/t20-/m0/s1. The molecule has 0 aliphatic carbocycles. The summed E-state index contributed by atoms with van der Waals surface area (Å²) in [6, 6.07) is 9.33. The zero-order valence-electron chi connectivity index (χ0n) is 17.1. The summed E-state index contributed by atoms with van der Waals surface area (Å²) >= 11 is 1.54. The molecular formula is C22H29N3O3S. The first-order valence-corrected chi connectivity index (χ1v) is 10.9. The number of carbonyl (C=O) groups is 3. The minimum atomic E-state index is -0.568. The number of Topliss-reactive ketones (excluding diaryl/α,β-unsaturated/α-hetero) is 1. The predicted molar refractivity (Wildman–Crippen MR) is 115 cm³/mol. The monoisotopic (exact) mass is 415 g/mol. The Morgan fingerprint density at radius 1 is 1.10 bits per heavy atom. The molecule has 0 saturated carbocycles. The first kappa shape index (κ1) is 22.7. The van der Waals surface area contributed by atoms with E-state index in [0.717, 1.165) is 35.5 Å². The Kier molecular flexibility index (Phi) is 9.50. The molecule has 0 fully saturated rings. The molecule has 0 radical (unpaired) electrons. The van der Waals surface area contributed by atoms with Crippen LogP contribution >= 0.6 is 11.3 Å². The lowest BCUT2D eigenvalue weighted by atomic mass is 10.0. The van der Waals surface area contributed by atoms with E-state index in [2.05, 4.69) is 15.6 Å². The quantitative estimate of drug-likeness (QED) is 0.515. The summed E-state index contributed by atoms with van der Waals surface area (Å²) in [5.74, 6) is -0.176. The van der Waals surface area contributed by atoms with Gasteiger partial charge in [0.1, 0.15) is 16.8 Å². The maximum atomic E-state index is 12.5. The van der Waals surface area contributed by atoms with E-state index >= 15 is 0 Å². The van der Waals surface area contributed by atoms with Gasteiger partial charge < -0.3 is 10.6 Å². The van der Waals surface area contributed by atoms with Crippen molar-refractivity contribution in [2.45, 2.75) is 65.0 Å². The normalized spacial score (nSPS) is 11.7. The van der Waals surface area contributed by atoms with Crippen LogP contribution in [0.3, 0.4) is 0 Å². The van der Waals surface area contributed by atoms with Crippen LogP contribution in [0.4, 0.5) is 0 Å². The third-order valence-electron chi connectivity index (χ3n) is 4.55. The number of carbonyl (C=O) groups excluding carboxylic acids is 3. The van der Waals surface area contributed by atoms with Gasteiger partial charge in [-0.2, -0.15) is 0 Å². The van der Waals surface area contributed by atoms with Gasteiger partial charge in [0, 0.05) is 30.7 Å². The van der Waals surface area contributed by atoms with Crippen LogP contribution in [-0.2, 0) is 20.9 Å². The fraction of sp³-hybridized carbons (Fsp3) is 0.455. The summed E-state index contributed by atoms with van der Waals surface area (Å²) in [7, 11) is 0. The number of hydrogen-bond acceptors (Lipinski definition) is 5. The number of nitrogens with zero attached hydrogens (tertiary/aromatic N) is 1. The molecule has 1 aromatic carbocycles. The van der Waals surface area contributed by atoms with Crippen molar-refractivity contribution in [3.05, 3.63) is 41.4 Å². The Balaban J connectivity index is 1.82. The zero-order valence-corrected chi connectivity index (χ0v) is 17.9. The first-order chi connectivity index (χ1) is 14.0. The van der Waals surface area contributed by atoms with E-state index in [1.54, 1.807) is 0 Å². The van der Waals surface area contributed by atoms with Gasteiger partial charge in [0.2, 0.25) is 11.8 Å². The third kappa shape index (κ3) is 8.15. The number of amides is 2. The van der Waals surface area contributed by atoms with Crippen LogP contribution in [0.15, 0.2) is 35.7 Å². The second kappa shape index (κ2) is 12.1. The molecule has 1 heterocycles. The number of rotatable bonds is 12. The summed E-state index contributed by atoms with van der Waals surface area (Å²) in [5, 5.41) is 8.44. The van der Waals surface area contributed by atoms with E-state index in [0.29, 0.717) is 25.8 Å². The molecule has 0 aliphatic heterocycles. The molecule has 6 nitrogen and oxygen atoms in total. The van der Waals surface area contributed by atoms with Crippen LogP contribution < -0.4 is 10.6 Å². The number of nitrogens with one attached hydrogen (secondary N) is 2. The molecule has 0 aliphatic rings. The van der Waals surface area contributed by atoms with Gasteiger partial charge in [-0.25, -0.2) is 4.98 Å². The Bertz CT molecular complexity index is 805. The van der Waals surface area contributed by atoms with Crippen LogP contribution in [0.25, 0.3) is 10.6 Å². The van der Waals surface area contributed by atoms with E-state index in [1.807, 2.05) is 42.6 Å². The van der Waals surface area contributed by atoms with Crippen molar-refractivity contribution in [1.29, 1.82) is 0 Å². The van der Waals surface area contributed by atoms with Crippen LogP contribution in [0, 0.1) is 0 Å². The molecular weight excluding hydrogens is 386 g/mol. The summed E-state index contributed by atoms with van der Waals surface area (Å²) in [6.45, 7) is 3.60. The summed E-state index contributed by atoms with van der Waals surface area (Å²) in [5.41, 5.74) is 1.84. The maximum Gasteiger partial charge on any atom is 0.242 e. The minimum absolute atomic E-state index is 0.209. The zero-order chi connectivity index (χ0) is 21.1. The molecule has 0 unspecified atom stereocenters. The molecule has 2 amide bonds. The highest BCUT2D eigenvalue weighted by molar-refractivity contribution is 7.13. The van der Waals surface area contributed by atoms with Gasteiger partial charge in [-0.3, -0.25) is 14.4 Å². The number of unbranched alkanes of at least 4 members (excludes halogenated alkanes) is 2. The largest absolute Gasteiger partial charge is 0.349 e. The Morgan fingerprint density at radius 2 is 1.86 bits per heavy atom. The Hall–Kier alpha value is -2.54. The van der Waals surface area contributed by atoms with Gasteiger partial charge in [0.05, 0.1) is 12.2 Å². The number of aromatic nitrogens is 1. The van der Waals surface area contributed by atoms with Gasteiger partial charge in [-0.1, -0.05) is 50.1 Å². The average molecular weight is 416 g/mol. The molecule has 156 valence electrons. The molecule has 0 spiro atoms. The van der Waals surface area contributed by atoms with Gasteiger partial charge in [-0.05, 0) is 12.8 Å². The van der Waals surface area contributed by atoms with Gasteiger partial charge in [0.25, 0.3) is 0 Å². The van der Waals surface area contributed by atoms with Crippen molar-refractivity contribution >= 4 is 28.9 Å². The molecule has 1 atom stereocenters. The van der Waals surface area contributed by atoms with Crippen LogP contribution in [0.2, 0.25) is 0 Å². The lowest BCUT2D eigenvalue weighted by Crippen LogP contribution is -2.45. The number of benzene rings is 1. The van der Waals surface area contributed by atoms with E-state index < -0.39 is 6.04 Å². The van der Waals surface area contributed by atoms with Gasteiger partial charge >= 0.3 is 0 Å². The van der Waals surface area contributed by atoms with Crippen molar-refractivity contribution < 1.29 is 14.4 Å². The van der Waals surface area contributed by atoms with Gasteiger partial charge in [-0.15, -0.1) is 11.3 Å². The van der Waals surface area contributed by atoms with Crippen molar-refractivity contribution in [3.8, 4) is 10.6 Å². The molecule has 0 saturated heterocycles. The first-order valence-electron chi connectivity index (χ1n) is 10.1. The average Bonchev–Trinajstić information content (AvgIpc) is 3.20. The highest BCUT2D eigenvalue weighted by Gasteiger charge is 2.19. The second-order valence-corrected chi connectivity index (χ2v) is 7.83. The van der Waals surface area contributed by atoms with Crippen LogP contribution in [-0.4, -0.2) is 28.6 Å². The van der Waals surface area contributed by atoms with Crippen molar-refractivity contribution in [1.82, 2.24) is 15.6 Å². The molecule has 2 N–H and O–H groups in total. The molecule has 29 heavy (non-hydrogen) atoms. The predicted octanol–water partition coefficient (Wildman–Crippen LogP) is 3.86. The van der Waals surface area contributed by atoms with Crippen molar-refractivity contribution in [3.63, 3.8) is 0 Å². The maximum absolute atomic E-state index is 12.5. The molecule has 0 bridgehead atoms. The summed E-state index contributed by atoms with van der Waals surface area (Å²) in [4.78, 5) is 39.9. The SMILES string of the molecule is CCC(=O)CCCCC[C@H](NC(C)=O)C(=O)NCc1csc(-c2ccccc2)n1. The van der Waals surface area contributed by atoms with E-state index in [1.165, 1.54) is 18.3 Å². The molecule has 7 heteroatoms. The van der Waals surface area contributed by atoms with E-state index in [9.17, 15) is 14.4 Å². The summed E-state index contributed by atoms with van der Waals surface area (Å²) < 4.78 is 0. The molecule has 2 aromatic rings.